The molecule has 1 saturated heterocycles. The van der Waals surface area contributed by atoms with Crippen LogP contribution in [0.5, 0.6) is 0 Å². The van der Waals surface area contributed by atoms with Crippen molar-refractivity contribution >= 4 is 11.9 Å². The quantitative estimate of drug-likeness (QED) is 0.873. The summed E-state index contributed by atoms with van der Waals surface area (Å²) in [4.78, 5) is 25.1. The molecule has 0 spiro atoms. The molecular formula is C16H24N2O4. The number of aromatic nitrogens is 1. The molecule has 0 unspecified atom stereocenters. The summed E-state index contributed by atoms with van der Waals surface area (Å²) in [5.41, 5.74) is 0.796. The largest absolute Gasteiger partial charge is 0.481 e. The molecule has 122 valence electrons. The van der Waals surface area contributed by atoms with Crippen LogP contribution in [-0.4, -0.2) is 39.6 Å². The summed E-state index contributed by atoms with van der Waals surface area (Å²) in [6.07, 6.45) is 4.34. The zero-order valence-corrected chi connectivity index (χ0v) is 13.2. The first kappa shape index (κ1) is 16.5. The molecule has 1 aliphatic rings. The summed E-state index contributed by atoms with van der Waals surface area (Å²) in [5.74, 6) is -0.471. The molecule has 22 heavy (non-hydrogen) atoms. The maximum absolute atomic E-state index is 12.6. The number of piperidine rings is 1. The molecule has 1 aromatic heterocycles. The molecule has 0 bridgehead atoms. The number of rotatable bonds is 6. The average Bonchev–Trinajstić information content (AvgIpc) is 3.01. The van der Waals surface area contributed by atoms with Gasteiger partial charge in [-0.05, 0) is 32.1 Å². The highest BCUT2D eigenvalue weighted by Crippen LogP contribution is 2.25. The highest BCUT2D eigenvalue weighted by molar-refractivity contribution is 5.91. The fourth-order valence-electron chi connectivity index (χ4n) is 2.83. The van der Waals surface area contributed by atoms with Gasteiger partial charge in [0, 0.05) is 31.0 Å². The Labute approximate surface area is 130 Å². The van der Waals surface area contributed by atoms with Crippen LogP contribution in [0.4, 0.5) is 0 Å². The number of carbonyl (C=O) groups excluding carboxylic acids is 1. The number of carboxylic acid groups (broad SMARTS) is 1. The third-order valence-electron chi connectivity index (χ3n) is 4.44. The number of amides is 1. The molecule has 1 N–H and O–H groups in total. The van der Waals surface area contributed by atoms with Crippen molar-refractivity contribution in [2.24, 2.45) is 0 Å². The lowest BCUT2D eigenvalue weighted by atomic mass is 9.97. The van der Waals surface area contributed by atoms with E-state index >= 15 is 0 Å². The molecule has 0 aliphatic carbocycles. The van der Waals surface area contributed by atoms with Gasteiger partial charge in [0.25, 0.3) is 5.91 Å². The van der Waals surface area contributed by atoms with E-state index in [2.05, 4.69) is 12.1 Å². The minimum absolute atomic E-state index is 0.0190. The molecule has 1 aliphatic heterocycles. The Morgan fingerprint density at radius 2 is 2.27 bits per heavy atom. The molecular weight excluding hydrogens is 284 g/mol. The van der Waals surface area contributed by atoms with Crippen LogP contribution in [-0.2, 0) is 4.79 Å². The summed E-state index contributed by atoms with van der Waals surface area (Å²) < 4.78 is 5.22. The molecule has 6 heteroatoms. The number of likely N-dealkylation sites (tertiary alicyclic amines) is 1. The molecule has 6 nitrogen and oxygen atoms in total. The van der Waals surface area contributed by atoms with Gasteiger partial charge in [-0.25, -0.2) is 0 Å². The normalized spacial score (nSPS) is 19.9. The van der Waals surface area contributed by atoms with E-state index in [-0.39, 0.29) is 30.0 Å². The second-order valence-electron chi connectivity index (χ2n) is 6.01. The van der Waals surface area contributed by atoms with Crippen molar-refractivity contribution in [3.63, 3.8) is 0 Å². The van der Waals surface area contributed by atoms with Crippen LogP contribution in [0.2, 0.25) is 0 Å². The van der Waals surface area contributed by atoms with Crippen LogP contribution in [0.25, 0.3) is 0 Å². The first-order valence-corrected chi connectivity index (χ1v) is 8.02. The maximum Gasteiger partial charge on any atom is 0.303 e. The summed E-state index contributed by atoms with van der Waals surface area (Å²) in [7, 11) is 0. The summed E-state index contributed by atoms with van der Waals surface area (Å²) in [6.45, 7) is 4.76. The lowest BCUT2D eigenvalue weighted by Gasteiger charge is -2.34. The van der Waals surface area contributed by atoms with Crippen molar-refractivity contribution in [1.29, 1.82) is 0 Å². The Kier molecular flexibility index (Phi) is 5.57. The number of aliphatic carboxylic acids is 1. The zero-order chi connectivity index (χ0) is 16.1. The van der Waals surface area contributed by atoms with Gasteiger partial charge in [-0.15, -0.1) is 0 Å². The van der Waals surface area contributed by atoms with Crippen molar-refractivity contribution < 1.29 is 19.2 Å². The van der Waals surface area contributed by atoms with Crippen LogP contribution in [0.15, 0.2) is 10.6 Å². The van der Waals surface area contributed by atoms with E-state index in [1.54, 1.807) is 11.0 Å². The first-order valence-electron chi connectivity index (χ1n) is 8.02. The number of nitrogens with zero attached hydrogens (tertiary/aromatic N) is 2. The molecule has 0 saturated carbocycles. The highest BCUT2D eigenvalue weighted by atomic mass is 16.5. The van der Waals surface area contributed by atoms with Gasteiger partial charge in [-0.1, -0.05) is 19.0 Å². The third-order valence-corrected chi connectivity index (χ3v) is 4.44. The van der Waals surface area contributed by atoms with E-state index in [1.807, 2.05) is 6.92 Å². The maximum atomic E-state index is 12.6. The van der Waals surface area contributed by atoms with Crippen LogP contribution < -0.4 is 0 Å². The monoisotopic (exact) mass is 308 g/mol. The van der Waals surface area contributed by atoms with Gasteiger partial charge < -0.3 is 14.5 Å². The molecule has 1 aromatic rings. The van der Waals surface area contributed by atoms with Crippen LogP contribution in [0, 0.1) is 0 Å². The molecule has 1 amide bonds. The molecule has 0 radical (unpaired) electrons. The van der Waals surface area contributed by atoms with Gasteiger partial charge in [0.1, 0.15) is 0 Å². The van der Waals surface area contributed by atoms with Gasteiger partial charge in [0.05, 0.1) is 5.69 Å². The van der Waals surface area contributed by atoms with Crippen molar-refractivity contribution in [2.45, 2.75) is 64.3 Å². The second kappa shape index (κ2) is 7.42. The summed E-state index contributed by atoms with van der Waals surface area (Å²) >= 11 is 0. The van der Waals surface area contributed by atoms with Crippen molar-refractivity contribution in [1.82, 2.24) is 10.1 Å². The molecule has 2 heterocycles. The predicted octanol–water partition coefficient (Wildman–Crippen LogP) is 3.05. The Hall–Kier alpha value is -1.85. The summed E-state index contributed by atoms with van der Waals surface area (Å²) in [5, 5.41) is 12.8. The number of hydrogen-bond donors (Lipinski definition) is 1. The Morgan fingerprint density at radius 1 is 1.50 bits per heavy atom. The SMILES string of the molecule is CC[C@@H](C)c1cc(C(=O)N2CCCC[C@H]2CCC(=O)O)on1. The van der Waals surface area contributed by atoms with E-state index < -0.39 is 5.97 Å². The number of carboxylic acids is 1. The highest BCUT2D eigenvalue weighted by Gasteiger charge is 2.30. The Balaban J connectivity index is 2.08. The van der Waals surface area contributed by atoms with E-state index in [0.717, 1.165) is 31.4 Å². The van der Waals surface area contributed by atoms with Gasteiger partial charge in [-0.2, -0.15) is 0 Å². The van der Waals surface area contributed by atoms with Crippen molar-refractivity contribution in [3.8, 4) is 0 Å². The third kappa shape index (κ3) is 3.87. The average molecular weight is 308 g/mol. The van der Waals surface area contributed by atoms with Crippen molar-refractivity contribution in [3.05, 3.63) is 17.5 Å². The lowest BCUT2D eigenvalue weighted by molar-refractivity contribution is -0.137. The molecule has 1 fully saturated rings. The minimum atomic E-state index is -0.823. The van der Waals surface area contributed by atoms with Crippen LogP contribution >= 0.6 is 0 Å². The van der Waals surface area contributed by atoms with E-state index in [9.17, 15) is 9.59 Å². The van der Waals surface area contributed by atoms with Gasteiger partial charge in [0.15, 0.2) is 0 Å². The van der Waals surface area contributed by atoms with Gasteiger partial charge in [-0.3, -0.25) is 9.59 Å². The molecule has 2 rings (SSSR count). The van der Waals surface area contributed by atoms with Crippen LogP contribution in [0.3, 0.4) is 0 Å². The lowest BCUT2D eigenvalue weighted by Crippen LogP contribution is -2.43. The smallest absolute Gasteiger partial charge is 0.303 e. The minimum Gasteiger partial charge on any atom is -0.481 e. The zero-order valence-electron chi connectivity index (χ0n) is 13.2. The predicted molar refractivity (Wildman–Crippen MR) is 80.8 cm³/mol. The number of carbonyl (C=O) groups is 2. The molecule has 0 aromatic carbocycles. The first-order chi connectivity index (χ1) is 10.5. The van der Waals surface area contributed by atoms with Gasteiger partial charge >= 0.3 is 5.97 Å². The van der Waals surface area contributed by atoms with Crippen molar-refractivity contribution in [2.75, 3.05) is 6.54 Å². The standard InChI is InChI=1S/C16H24N2O4/c1-3-11(2)13-10-14(22-17-13)16(21)18-9-5-4-6-12(18)7-8-15(19)20/h10-12H,3-9H2,1-2H3,(H,19,20)/t11-,12+/m1/s1. The molecule has 2 atom stereocenters. The van der Waals surface area contributed by atoms with E-state index in [1.165, 1.54) is 0 Å². The Morgan fingerprint density at radius 3 is 2.95 bits per heavy atom. The van der Waals surface area contributed by atoms with E-state index in [0.29, 0.717) is 13.0 Å². The number of hydrogen-bond acceptors (Lipinski definition) is 4. The fraction of sp³-hybridized carbons (Fsp3) is 0.688. The fourth-order valence-corrected chi connectivity index (χ4v) is 2.83. The Bertz CT molecular complexity index is 526. The topological polar surface area (TPSA) is 83.6 Å². The van der Waals surface area contributed by atoms with Gasteiger partial charge in [0.2, 0.25) is 5.76 Å². The van der Waals surface area contributed by atoms with Crippen LogP contribution in [0.1, 0.15) is 74.5 Å². The van der Waals surface area contributed by atoms with E-state index in [4.69, 9.17) is 9.63 Å². The summed E-state index contributed by atoms with van der Waals surface area (Å²) in [6, 6.07) is 1.70. The second-order valence-corrected chi connectivity index (χ2v) is 6.01.